The third kappa shape index (κ3) is 3.80. The Kier molecular flexibility index (Phi) is 6.09. The zero-order valence-electron chi connectivity index (χ0n) is 20.1. The molecule has 2 aromatic rings. The zero-order valence-corrected chi connectivity index (χ0v) is 20.1. The van der Waals surface area contributed by atoms with Crippen molar-refractivity contribution in [2.75, 3.05) is 33.4 Å². The lowest BCUT2D eigenvalue weighted by Gasteiger charge is -2.45. The number of amides is 1. The van der Waals surface area contributed by atoms with Gasteiger partial charge in [-0.1, -0.05) is 56.3 Å². The van der Waals surface area contributed by atoms with Crippen molar-refractivity contribution in [3.8, 4) is 11.5 Å². The van der Waals surface area contributed by atoms with Crippen LogP contribution >= 0.6 is 0 Å². The second-order valence-corrected chi connectivity index (χ2v) is 10.3. The molecule has 0 bridgehead atoms. The first kappa shape index (κ1) is 22.3. The summed E-state index contributed by atoms with van der Waals surface area (Å²) in [7, 11) is 1.69. The first-order valence-electron chi connectivity index (χ1n) is 12.5. The van der Waals surface area contributed by atoms with E-state index in [4.69, 9.17) is 9.47 Å². The molecular formula is C28H37N2O3+. The zero-order chi connectivity index (χ0) is 23.0. The van der Waals surface area contributed by atoms with Crippen LogP contribution < -0.4 is 14.8 Å². The van der Waals surface area contributed by atoms with E-state index in [1.165, 1.54) is 5.56 Å². The molecule has 5 nitrogen and oxygen atoms in total. The number of rotatable bonds is 4. The molecule has 2 fully saturated rings. The van der Waals surface area contributed by atoms with Crippen molar-refractivity contribution in [2.45, 2.75) is 50.5 Å². The Bertz CT molecular complexity index is 992. The SMILES string of the molecule is COc1cccc2c1OCC[C@]21C[NH2+]C[C@H]1C(=O)N1CC[C@@H](c2ccccc2)C[C@H]1C(C)C. The molecule has 1 amide bonds. The van der Waals surface area contributed by atoms with Crippen LogP contribution in [-0.2, 0) is 10.2 Å². The number of nitrogens with two attached hydrogens (primary N) is 1. The summed E-state index contributed by atoms with van der Waals surface area (Å²) < 4.78 is 11.7. The fraction of sp³-hybridized carbons (Fsp3) is 0.536. The van der Waals surface area contributed by atoms with E-state index in [9.17, 15) is 4.79 Å². The fourth-order valence-electron chi connectivity index (χ4n) is 6.61. The molecule has 0 aromatic heterocycles. The van der Waals surface area contributed by atoms with Crippen molar-refractivity contribution >= 4 is 5.91 Å². The van der Waals surface area contributed by atoms with Crippen LogP contribution in [0.2, 0.25) is 0 Å². The minimum atomic E-state index is -0.184. The normalized spacial score (nSPS) is 29.1. The van der Waals surface area contributed by atoms with Gasteiger partial charge in [0.1, 0.15) is 5.92 Å². The largest absolute Gasteiger partial charge is 0.493 e. The molecule has 1 spiro atoms. The Morgan fingerprint density at radius 3 is 2.76 bits per heavy atom. The Balaban J connectivity index is 1.44. The molecule has 3 heterocycles. The number of hydrogen-bond acceptors (Lipinski definition) is 3. The molecule has 3 aliphatic heterocycles. The number of methoxy groups -OCH3 is 1. The lowest BCUT2D eigenvalue weighted by molar-refractivity contribution is -0.640. The van der Waals surface area contributed by atoms with E-state index >= 15 is 0 Å². The Hall–Kier alpha value is -2.53. The molecule has 0 aliphatic carbocycles. The summed E-state index contributed by atoms with van der Waals surface area (Å²) in [5, 5.41) is 2.33. The van der Waals surface area contributed by atoms with Crippen molar-refractivity contribution in [1.29, 1.82) is 0 Å². The molecule has 5 rings (SSSR count). The number of fused-ring (bicyclic) bond motifs is 2. The molecule has 176 valence electrons. The number of hydrogen-bond donors (Lipinski definition) is 1. The molecule has 5 heteroatoms. The van der Waals surface area contributed by atoms with Crippen LogP contribution in [0.1, 0.15) is 50.2 Å². The van der Waals surface area contributed by atoms with Gasteiger partial charge in [0.15, 0.2) is 11.5 Å². The number of quaternary nitrogens is 1. The van der Waals surface area contributed by atoms with Gasteiger partial charge in [-0.3, -0.25) is 4.79 Å². The van der Waals surface area contributed by atoms with Gasteiger partial charge in [0.2, 0.25) is 5.91 Å². The summed E-state index contributed by atoms with van der Waals surface area (Å²) in [5.74, 6) is 2.88. The smallest absolute Gasteiger partial charge is 0.232 e. The van der Waals surface area contributed by atoms with Gasteiger partial charge < -0.3 is 19.7 Å². The Morgan fingerprint density at radius 2 is 2.00 bits per heavy atom. The minimum absolute atomic E-state index is 0.0261. The number of ether oxygens (including phenoxy) is 2. The van der Waals surface area contributed by atoms with E-state index in [0.29, 0.717) is 24.3 Å². The molecule has 0 saturated carbocycles. The standard InChI is InChI=1S/C28H36N2O3/c1-19(2)24-16-21(20-8-5-4-6-9-20)12-14-30(24)27(31)23-17-29-18-28(23)13-15-33-26-22(28)10-7-11-25(26)32-3/h4-11,19,21,23-24,29H,12-18H2,1-3H3/p+1/t21-,23+,24+,28+/m1/s1. The Labute approximate surface area is 197 Å². The lowest BCUT2D eigenvalue weighted by Crippen LogP contribution is -2.82. The number of carbonyl (C=O) groups excluding carboxylic acids is 1. The molecule has 4 atom stereocenters. The minimum Gasteiger partial charge on any atom is -0.493 e. The van der Waals surface area contributed by atoms with Crippen LogP contribution in [0.25, 0.3) is 0 Å². The van der Waals surface area contributed by atoms with E-state index < -0.39 is 0 Å². The second-order valence-electron chi connectivity index (χ2n) is 10.3. The average Bonchev–Trinajstić information content (AvgIpc) is 3.27. The second kappa shape index (κ2) is 9.02. The van der Waals surface area contributed by atoms with Gasteiger partial charge in [0.05, 0.1) is 32.2 Å². The van der Waals surface area contributed by atoms with Gasteiger partial charge in [-0.15, -0.1) is 0 Å². The molecule has 2 saturated heterocycles. The van der Waals surface area contributed by atoms with E-state index in [-0.39, 0.29) is 17.4 Å². The van der Waals surface area contributed by atoms with Crippen LogP contribution in [-0.4, -0.2) is 50.2 Å². The highest BCUT2D eigenvalue weighted by Crippen LogP contribution is 2.49. The molecule has 0 radical (unpaired) electrons. The summed E-state index contributed by atoms with van der Waals surface area (Å²) in [6, 6.07) is 17.3. The number of likely N-dealkylation sites (tertiary alicyclic amines) is 1. The van der Waals surface area contributed by atoms with E-state index in [1.54, 1.807) is 7.11 Å². The van der Waals surface area contributed by atoms with Crippen molar-refractivity contribution in [3.63, 3.8) is 0 Å². The fourth-order valence-corrected chi connectivity index (χ4v) is 6.61. The number of benzene rings is 2. The molecular weight excluding hydrogens is 412 g/mol. The van der Waals surface area contributed by atoms with Crippen molar-refractivity contribution < 1.29 is 19.6 Å². The van der Waals surface area contributed by atoms with Crippen LogP contribution in [0.5, 0.6) is 11.5 Å². The molecule has 3 aliphatic rings. The molecule has 0 unspecified atom stereocenters. The van der Waals surface area contributed by atoms with Crippen LogP contribution in [0.3, 0.4) is 0 Å². The number of para-hydroxylation sites is 1. The van der Waals surface area contributed by atoms with E-state index in [2.05, 4.69) is 60.5 Å². The summed E-state index contributed by atoms with van der Waals surface area (Å²) >= 11 is 0. The predicted molar refractivity (Wildman–Crippen MR) is 129 cm³/mol. The quantitative estimate of drug-likeness (QED) is 0.779. The highest BCUT2D eigenvalue weighted by atomic mass is 16.5. The monoisotopic (exact) mass is 449 g/mol. The van der Waals surface area contributed by atoms with Crippen LogP contribution in [0.4, 0.5) is 0 Å². The molecule has 33 heavy (non-hydrogen) atoms. The summed E-state index contributed by atoms with van der Waals surface area (Å²) in [6.45, 7) is 7.79. The Morgan fingerprint density at radius 1 is 1.18 bits per heavy atom. The third-order valence-corrected chi connectivity index (χ3v) is 8.37. The third-order valence-electron chi connectivity index (χ3n) is 8.37. The predicted octanol–water partition coefficient (Wildman–Crippen LogP) is 3.34. The van der Waals surface area contributed by atoms with Gasteiger partial charge in [-0.05, 0) is 42.7 Å². The average molecular weight is 450 g/mol. The topological polar surface area (TPSA) is 55.4 Å². The van der Waals surface area contributed by atoms with Crippen LogP contribution in [0.15, 0.2) is 48.5 Å². The molecule has 2 N–H and O–H groups in total. The van der Waals surface area contributed by atoms with Gasteiger partial charge in [-0.2, -0.15) is 0 Å². The summed E-state index contributed by atoms with van der Waals surface area (Å²) in [4.78, 5) is 16.5. The van der Waals surface area contributed by atoms with Gasteiger partial charge in [-0.25, -0.2) is 0 Å². The number of piperidine rings is 1. The highest BCUT2D eigenvalue weighted by molar-refractivity contribution is 5.82. The van der Waals surface area contributed by atoms with Crippen molar-refractivity contribution in [3.05, 3.63) is 59.7 Å². The first-order chi connectivity index (χ1) is 16.0. The van der Waals surface area contributed by atoms with E-state index in [0.717, 1.165) is 56.0 Å². The number of carbonyl (C=O) groups is 1. The first-order valence-corrected chi connectivity index (χ1v) is 12.5. The summed E-state index contributed by atoms with van der Waals surface area (Å²) in [5.41, 5.74) is 2.38. The maximum absolute atomic E-state index is 14.2. The van der Waals surface area contributed by atoms with Crippen molar-refractivity contribution in [2.24, 2.45) is 11.8 Å². The maximum atomic E-state index is 14.2. The van der Waals surface area contributed by atoms with Crippen LogP contribution in [0, 0.1) is 11.8 Å². The highest BCUT2D eigenvalue weighted by Gasteiger charge is 2.56. The van der Waals surface area contributed by atoms with Gasteiger partial charge in [0, 0.05) is 18.2 Å². The maximum Gasteiger partial charge on any atom is 0.232 e. The summed E-state index contributed by atoms with van der Waals surface area (Å²) in [6.07, 6.45) is 2.97. The lowest BCUT2D eigenvalue weighted by atomic mass is 9.68. The van der Waals surface area contributed by atoms with Gasteiger partial charge >= 0.3 is 0 Å². The number of nitrogens with zero attached hydrogens (tertiary/aromatic N) is 1. The van der Waals surface area contributed by atoms with E-state index in [1.807, 2.05) is 12.1 Å². The van der Waals surface area contributed by atoms with Gasteiger partial charge in [0.25, 0.3) is 0 Å². The molecule has 2 aromatic carbocycles. The van der Waals surface area contributed by atoms with Crippen molar-refractivity contribution in [1.82, 2.24) is 4.90 Å².